The Labute approximate surface area is 91.4 Å². The lowest BCUT2D eigenvalue weighted by Gasteiger charge is -2.14. The van der Waals surface area contributed by atoms with Gasteiger partial charge < -0.3 is 10.5 Å². The second-order valence-electron chi connectivity index (χ2n) is 4.12. The molecule has 1 heterocycles. The third-order valence-electron chi connectivity index (χ3n) is 2.66. The molecule has 2 N–H and O–H groups in total. The van der Waals surface area contributed by atoms with Crippen molar-refractivity contribution >= 4 is 0 Å². The van der Waals surface area contributed by atoms with Crippen molar-refractivity contribution in [1.29, 1.82) is 0 Å². The van der Waals surface area contributed by atoms with Gasteiger partial charge in [-0.2, -0.15) is 5.10 Å². The summed E-state index contributed by atoms with van der Waals surface area (Å²) in [5, 5.41) is 4.51. The first-order valence-electron chi connectivity index (χ1n) is 5.29. The Morgan fingerprint density at radius 3 is 2.40 bits per heavy atom. The Hall–Kier alpha value is -0.870. The Kier molecular flexibility index (Phi) is 3.88. The van der Waals surface area contributed by atoms with Crippen LogP contribution in [-0.4, -0.2) is 23.5 Å². The Morgan fingerprint density at radius 2 is 2.00 bits per heavy atom. The van der Waals surface area contributed by atoms with E-state index in [1.54, 1.807) is 7.11 Å². The minimum atomic E-state index is 0.0356. The van der Waals surface area contributed by atoms with Gasteiger partial charge in [-0.25, -0.2) is 0 Å². The van der Waals surface area contributed by atoms with Crippen LogP contribution in [0.5, 0.6) is 0 Å². The molecule has 1 aromatic heterocycles. The zero-order valence-corrected chi connectivity index (χ0v) is 10.2. The van der Waals surface area contributed by atoms with E-state index in [-0.39, 0.29) is 12.1 Å². The van der Waals surface area contributed by atoms with Crippen molar-refractivity contribution in [3.8, 4) is 0 Å². The van der Waals surface area contributed by atoms with Gasteiger partial charge in [0.2, 0.25) is 0 Å². The molecule has 0 spiro atoms. The monoisotopic (exact) mass is 211 g/mol. The van der Waals surface area contributed by atoms with E-state index in [9.17, 15) is 0 Å². The Balaban J connectivity index is 3.06. The van der Waals surface area contributed by atoms with Crippen molar-refractivity contribution in [2.45, 2.75) is 39.8 Å². The summed E-state index contributed by atoms with van der Waals surface area (Å²) in [6.45, 7) is 8.81. The minimum Gasteiger partial charge on any atom is -0.382 e. The van der Waals surface area contributed by atoms with Crippen molar-refractivity contribution in [3.63, 3.8) is 0 Å². The van der Waals surface area contributed by atoms with Gasteiger partial charge in [0.15, 0.2) is 0 Å². The summed E-state index contributed by atoms with van der Waals surface area (Å²) >= 11 is 0. The summed E-state index contributed by atoms with van der Waals surface area (Å²) in [5.74, 6) is 0. The maximum absolute atomic E-state index is 5.92. The molecule has 2 atom stereocenters. The van der Waals surface area contributed by atoms with Gasteiger partial charge >= 0.3 is 0 Å². The number of nitrogens with zero attached hydrogens (tertiary/aromatic N) is 2. The molecule has 0 bridgehead atoms. The fraction of sp³-hybridized carbons (Fsp3) is 0.727. The zero-order valence-electron chi connectivity index (χ0n) is 10.2. The standard InChI is InChI=1S/C11H21N3O/c1-7(6-15-5)14-10(4)11(8(2)12)9(3)13-14/h7-8H,6,12H2,1-5H3. The largest absolute Gasteiger partial charge is 0.382 e. The number of aryl methyl sites for hydroxylation is 1. The SMILES string of the molecule is COCC(C)n1nc(C)c(C(C)N)c1C. The predicted molar refractivity (Wildman–Crippen MR) is 60.9 cm³/mol. The van der Waals surface area contributed by atoms with Gasteiger partial charge in [0.1, 0.15) is 0 Å². The number of ether oxygens (including phenoxy) is 1. The number of hydrogen-bond donors (Lipinski definition) is 1. The second-order valence-corrected chi connectivity index (χ2v) is 4.12. The lowest BCUT2D eigenvalue weighted by Crippen LogP contribution is -2.15. The average Bonchev–Trinajstić information content (AvgIpc) is 2.42. The Bertz CT molecular complexity index is 331. The normalized spacial score (nSPS) is 15.3. The molecule has 0 saturated carbocycles. The Morgan fingerprint density at radius 1 is 1.40 bits per heavy atom. The molecule has 0 amide bonds. The van der Waals surface area contributed by atoms with Crippen LogP contribution in [0.4, 0.5) is 0 Å². The van der Waals surface area contributed by atoms with Crippen molar-refractivity contribution < 1.29 is 4.74 Å². The van der Waals surface area contributed by atoms with E-state index in [0.717, 1.165) is 17.0 Å². The second kappa shape index (κ2) is 4.77. The van der Waals surface area contributed by atoms with E-state index in [2.05, 4.69) is 18.9 Å². The van der Waals surface area contributed by atoms with E-state index in [1.165, 1.54) is 0 Å². The van der Waals surface area contributed by atoms with E-state index in [4.69, 9.17) is 10.5 Å². The van der Waals surface area contributed by atoms with E-state index in [0.29, 0.717) is 6.61 Å². The maximum atomic E-state index is 5.92. The molecule has 2 unspecified atom stereocenters. The highest BCUT2D eigenvalue weighted by atomic mass is 16.5. The van der Waals surface area contributed by atoms with Crippen LogP contribution >= 0.6 is 0 Å². The van der Waals surface area contributed by atoms with Gasteiger partial charge in [-0.3, -0.25) is 4.68 Å². The fourth-order valence-electron chi connectivity index (χ4n) is 2.08. The highest BCUT2D eigenvalue weighted by Crippen LogP contribution is 2.22. The molecule has 1 aromatic rings. The first-order chi connectivity index (χ1) is 6.99. The van der Waals surface area contributed by atoms with Gasteiger partial charge in [-0.15, -0.1) is 0 Å². The van der Waals surface area contributed by atoms with Crippen molar-refractivity contribution in [1.82, 2.24) is 9.78 Å². The lowest BCUT2D eigenvalue weighted by molar-refractivity contribution is 0.156. The van der Waals surface area contributed by atoms with Gasteiger partial charge in [0.05, 0.1) is 18.3 Å². The van der Waals surface area contributed by atoms with E-state index < -0.39 is 0 Å². The number of nitrogens with two attached hydrogens (primary N) is 1. The lowest BCUT2D eigenvalue weighted by atomic mass is 10.1. The van der Waals surface area contributed by atoms with Crippen LogP contribution in [0, 0.1) is 13.8 Å². The smallest absolute Gasteiger partial charge is 0.0727 e. The number of aromatic nitrogens is 2. The molecule has 0 aliphatic rings. The first-order valence-corrected chi connectivity index (χ1v) is 5.29. The molecule has 0 aliphatic heterocycles. The van der Waals surface area contributed by atoms with Crippen LogP contribution in [0.1, 0.15) is 42.9 Å². The summed E-state index contributed by atoms with van der Waals surface area (Å²) in [5.41, 5.74) is 9.23. The molecular formula is C11H21N3O. The molecule has 1 rings (SSSR count). The molecule has 4 nitrogen and oxygen atoms in total. The molecule has 4 heteroatoms. The van der Waals surface area contributed by atoms with Crippen LogP contribution in [0.2, 0.25) is 0 Å². The number of rotatable bonds is 4. The summed E-state index contributed by atoms with van der Waals surface area (Å²) in [7, 11) is 1.70. The van der Waals surface area contributed by atoms with Gasteiger partial charge in [-0.05, 0) is 27.7 Å². The molecule has 0 saturated heterocycles. The first kappa shape index (κ1) is 12.2. The van der Waals surface area contributed by atoms with Gasteiger partial charge in [-0.1, -0.05) is 0 Å². The molecule has 15 heavy (non-hydrogen) atoms. The molecule has 0 aliphatic carbocycles. The molecule has 0 fully saturated rings. The summed E-state index contributed by atoms with van der Waals surface area (Å²) in [4.78, 5) is 0. The fourth-order valence-corrected chi connectivity index (χ4v) is 2.08. The topological polar surface area (TPSA) is 53.1 Å². The zero-order chi connectivity index (χ0) is 11.6. The van der Waals surface area contributed by atoms with Crippen molar-refractivity contribution in [3.05, 3.63) is 17.0 Å². The third kappa shape index (κ3) is 2.38. The van der Waals surface area contributed by atoms with Crippen molar-refractivity contribution in [2.24, 2.45) is 5.73 Å². The van der Waals surface area contributed by atoms with Crippen LogP contribution in [-0.2, 0) is 4.74 Å². The van der Waals surface area contributed by atoms with Crippen LogP contribution < -0.4 is 5.73 Å². The van der Waals surface area contributed by atoms with E-state index in [1.807, 2.05) is 18.5 Å². The summed E-state index contributed by atoms with van der Waals surface area (Å²) in [6.07, 6.45) is 0. The number of hydrogen-bond acceptors (Lipinski definition) is 3. The predicted octanol–water partition coefficient (Wildman–Crippen LogP) is 1.73. The quantitative estimate of drug-likeness (QED) is 0.825. The molecule has 0 radical (unpaired) electrons. The average molecular weight is 211 g/mol. The summed E-state index contributed by atoms with van der Waals surface area (Å²) in [6, 6.07) is 0.287. The highest BCUT2D eigenvalue weighted by Gasteiger charge is 2.17. The van der Waals surface area contributed by atoms with Crippen LogP contribution in [0.25, 0.3) is 0 Å². The van der Waals surface area contributed by atoms with Crippen molar-refractivity contribution in [2.75, 3.05) is 13.7 Å². The number of methoxy groups -OCH3 is 1. The molecular weight excluding hydrogens is 190 g/mol. The van der Waals surface area contributed by atoms with Crippen LogP contribution in [0.3, 0.4) is 0 Å². The third-order valence-corrected chi connectivity index (χ3v) is 2.66. The van der Waals surface area contributed by atoms with Gasteiger partial charge in [0.25, 0.3) is 0 Å². The minimum absolute atomic E-state index is 0.0356. The van der Waals surface area contributed by atoms with Gasteiger partial charge in [0, 0.05) is 24.4 Å². The van der Waals surface area contributed by atoms with E-state index >= 15 is 0 Å². The highest BCUT2D eigenvalue weighted by molar-refractivity contribution is 5.27. The van der Waals surface area contributed by atoms with Crippen LogP contribution in [0.15, 0.2) is 0 Å². The molecule has 86 valence electrons. The molecule has 0 aromatic carbocycles. The maximum Gasteiger partial charge on any atom is 0.0727 e. The summed E-state index contributed by atoms with van der Waals surface area (Å²) < 4.78 is 7.13.